The summed E-state index contributed by atoms with van der Waals surface area (Å²) < 4.78 is 5.30. The number of carbonyl (C=O) groups excluding carboxylic acids is 2. The van der Waals surface area contributed by atoms with Crippen LogP contribution in [0, 0.1) is 0 Å². The van der Waals surface area contributed by atoms with E-state index < -0.39 is 6.10 Å². The molecule has 0 radical (unpaired) electrons. The van der Waals surface area contributed by atoms with Gasteiger partial charge < -0.3 is 20.7 Å². The molecule has 2 rings (SSSR count). The summed E-state index contributed by atoms with van der Waals surface area (Å²) in [4.78, 5) is 22.6. The third kappa shape index (κ3) is 2.66. The topological polar surface area (TPSA) is 79.5 Å². The van der Waals surface area contributed by atoms with E-state index >= 15 is 0 Å². The molecule has 2 aliphatic heterocycles. The van der Waals surface area contributed by atoms with Crippen LogP contribution in [-0.2, 0) is 14.3 Å². The molecule has 2 atom stereocenters. The molecule has 84 valence electrons. The molecule has 2 heterocycles. The van der Waals surface area contributed by atoms with E-state index in [9.17, 15) is 9.59 Å². The molecule has 0 aromatic heterocycles. The molecule has 0 aromatic rings. The van der Waals surface area contributed by atoms with Gasteiger partial charge in [-0.2, -0.15) is 0 Å². The highest BCUT2D eigenvalue weighted by atomic mass is 16.5. The van der Waals surface area contributed by atoms with Crippen molar-refractivity contribution in [2.24, 2.45) is 0 Å². The Labute approximate surface area is 87.7 Å². The maximum Gasteiger partial charge on any atom is 0.250 e. The van der Waals surface area contributed by atoms with Crippen LogP contribution in [0.1, 0.15) is 6.42 Å². The SMILES string of the molecule is O=C1CC(NC(=O)C2CNCCO2)CN1. The predicted octanol–water partition coefficient (Wildman–Crippen LogP) is -2.02. The summed E-state index contributed by atoms with van der Waals surface area (Å²) in [6.07, 6.45) is -0.0549. The Hall–Kier alpha value is -1.14. The Morgan fingerprint density at radius 3 is 2.93 bits per heavy atom. The maximum absolute atomic E-state index is 11.6. The zero-order valence-electron chi connectivity index (χ0n) is 8.41. The summed E-state index contributed by atoms with van der Waals surface area (Å²) in [5.74, 6) is -0.147. The lowest BCUT2D eigenvalue weighted by atomic mass is 10.2. The Balaban J connectivity index is 1.78. The van der Waals surface area contributed by atoms with Crippen molar-refractivity contribution in [3.8, 4) is 0 Å². The molecule has 6 heteroatoms. The van der Waals surface area contributed by atoms with Crippen molar-refractivity contribution in [3.05, 3.63) is 0 Å². The van der Waals surface area contributed by atoms with Crippen LogP contribution in [0.2, 0.25) is 0 Å². The van der Waals surface area contributed by atoms with Crippen molar-refractivity contribution in [2.45, 2.75) is 18.6 Å². The van der Waals surface area contributed by atoms with Gasteiger partial charge in [-0.3, -0.25) is 9.59 Å². The minimum Gasteiger partial charge on any atom is -0.366 e. The quantitative estimate of drug-likeness (QED) is 0.495. The summed E-state index contributed by atoms with van der Waals surface area (Å²) in [6, 6.07) is -0.0875. The van der Waals surface area contributed by atoms with Gasteiger partial charge in [0, 0.05) is 26.1 Å². The largest absolute Gasteiger partial charge is 0.366 e. The average Bonchev–Trinajstić information content (AvgIpc) is 2.65. The Morgan fingerprint density at radius 2 is 2.33 bits per heavy atom. The predicted molar refractivity (Wildman–Crippen MR) is 52.2 cm³/mol. The van der Waals surface area contributed by atoms with Gasteiger partial charge in [-0.05, 0) is 0 Å². The third-order valence-electron chi connectivity index (χ3n) is 2.54. The van der Waals surface area contributed by atoms with Gasteiger partial charge >= 0.3 is 0 Å². The van der Waals surface area contributed by atoms with Crippen molar-refractivity contribution < 1.29 is 14.3 Å². The van der Waals surface area contributed by atoms with Crippen LogP contribution < -0.4 is 16.0 Å². The molecule has 2 amide bonds. The highest BCUT2D eigenvalue weighted by molar-refractivity contribution is 5.84. The Bertz CT molecular complexity index is 263. The number of nitrogens with one attached hydrogen (secondary N) is 3. The van der Waals surface area contributed by atoms with Crippen molar-refractivity contribution in [1.82, 2.24) is 16.0 Å². The molecule has 2 saturated heterocycles. The lowest BCUT2D eigenvalue weighted by Crippen LogP contribution is -2.50. The second-order valence-electron chi connectivity index (χ2n) is 3.78. The fraction of sp³-hybridized carbons (Fsp3) is 0.778. The minimum atomic E-state index is -0.422. The highest BCUT2D eigenvalue weighted by Gasteiger charge is 2.27. The fourth-order valence-electron chi connectivity index (χ4n) is 1.74. The Kier molecular flexibility index (Phi) is 3.17. The minimum absolute atomic E-state index is 0.0111. The molecule has 0 aliphatic carbocycles. The molecule has 0 aromatic carbocycles. The number of carbonyl (C=O) groups is 2. The molecule has 6 nitrogen and oxygen atoms in total. The maximum atomic E-state index is 11.6. The summed E-state index contributed by atoms with van der Waals surface area (Å²) in [5, 5.41) is 8.54. The van der Waals surface area contributed by atoms with Crippen LogP contribution in [0.4, 0.5) is 0 Å². The number of hydrogen-bond donors (Lipinski definition) is 3. The lowest BCUT2D eigenvalue weighted by molar-refractivity contribution is -0.134. The van der Waals surface area contributed by atoms with Crippen molar-refractivity contribution in [2.75, 3.05) is 26.2 Å². The number of hydrogen-bond acceptors (Lipinski definition) is 4. The first kappa shape index (κ1) is 10.4. The van der Waals surface area contributed by atoms with Gasteiger partial charge in [-0.15, -0.1) is 0 Å². The molecular formula is C9H15N3O3. The number of amides is 2. The van der Waals surface area contributed by atoms with Crippen LogP contribution in [0.25, 0.3) is 0 Å². The summed E-state index contributed by atoms with van der Waals surface area (Å²) in [7, 11) is 0. The van der Waals surface area contributed by atoms with E-state index in [0.717, 1.165) is 6.54 Å². The van der Waals surface area contributed by atoms with Gasteiger partial charge in [-0.1, -0.05) is 0 Å². The van der Waals surface area contributed by atoms with Crippen molar-refractivity contribution >= 4 is 11.8 Å². The molecule has 0 spiro atoms. The van der Waals surface area contributed by atoms with Crippen LogP contribution >= 0.6 is 0 Å². The zero-order valence-corrected chi connectivity index (χ0v) is 8.41. The number of rotatable bonds is 2. The monoisotopic (exact) mass is 213 g/mol. The Morgan fingerprint density at radius 1 is 1.47 bits per heavy atom. The summed E-state index contributed by atoms with van der Waals surface area (Å²) in [5.41, 5.74) is 0. The molecule has 0 saturated carbocycles. The molecule has 2 unspecified atom stereocenters. The second-order valence-corrected chi connectivity index (χ2v) is 3.78. The van der Waals surface area contributed by atoms with Crippen LogP contribution in [0.5, 0.6) is 0 Å². The zero-order chi connectivity index (χ0) is 10.7. The van der Waals surface area contributed by atoms with Crippen LogP contribution in [0.15, 0.2) is 0 Å². The second kappa shape index (κ2) is 4.59. The van der Waals surface area contributed by atoms with E-state index in [1.165, 1.54) is 0 Å². The van der Waals surface area contributed by atoms with Crippen LogP contribution in [-0.4, -0.2) is 50.2 Å². The first-order chi connectivity index (χ1) is 7.25. The molecule has 2 fully saturated rings. The fourth-order valence-corrected chi connectivity index (χ4v) is 1.74. The third-order valence-corrected chi connectivity index (χ3v) is 2.54. The molecule has 3 N–H and O–H groups in total. The van der Waals surface area contributed by atoms with Gasteiger partial charge in [0.05, 0.1) is 12.6 Å². The first-order valence-corrected chi connectivity index (χ1v) is 5.15. The first-order valence-electron chi connectivity index (χ1n) is 5.15. The van der Waals surface area contributed by atoms with Gasteiger partial charge in [-0.25, -0.2) is 0 Å². The standard InChI is InChI=1S/C9H15N3O3/c13-8-3-6(4-11-8)12-9(14)7-5-10-1-2-15-7/h6-7,10H,1-5H2,(H,11,13)(H,12,14). The molecule has 0 bridgehead atoms. The van der Waals surface area contributed by atoms with Gasteiger partial charge in [0.15, 0.2) is 0 Å². The number of ether oxygens (including phenoxy) is 1. The van der Waals surface area contributed by atoms with Crippen LogP contribution in [0.3, 0.4) is 0 Å². The van der Waals surface area contributed by atoms with E-state index in [1.54, 1.807) is 0 Å². The van der Waals surface area contributed by atoms with Crippen molar-refractivity contribution in [1.29, 1.82) is 0 Å². The van der Waals surface area contributed by atoms with Gasteiger partial charge in [0.25, 0.3) is 5.91 Å². The van der Waals surface area contributed by atoms with Gasteiger partial charge in [0.1, 0.15) is 6.10 Å². The molecule has 2 aliphatic rings. The van der Waals surface area contributed by atoms with E-state index in [4.69, 9.17) is 4.74 Å². The van der Waals surface area contributed by atoms with E-state index in [-0.39, 0.29) is 17.9 Å². The normalized spacial score (nSPS) is 31.1. The lowest BCUT2D eigenvalue weighted by Gasteiger charge is -2.23. The average molecular weight is 213 g/mol. The molecule has 15 heavy (non-hydrogen) atoms. The number of morpholine rings is 1. The van der Waals surface area contributed by atoms with Crippen molar-refractivity contribution in [3.63, 3.8) is 0 Å². The highest BCUT2D eigenvalue weighted by Crippen LogP contribution is 2.02. The van der Waals surface area contributed by atoms with Gasteiger partial charge in [0.2, 0.25) is 5.91 Å². The van der Waals surface area contributed by atoms with E-state index in [0.29, 0.717) is 26.1 Å². The van der Waals surface area contributed by atoms with E-state index in [2.05, 4.69) is 16.0 Å². The summed E-state index contributed by atoms with van der Waals surface area (Å²) >= 11 is 0. The van der Waals surface area contributed by atoms with E-state index in [1.807, 2.05) is 0 Å². The molecular weight excluding hydrogens is 198 g/mol. The smallest absolute Gasteiger partial charge is 0.250 e. The summed E-state index contributed by atoms with van der Waals surface area (Å²) in [6.45, 7) is 2.40.